The number of carbonyl (C=O) groups is 1. The third-order valence-electron chi connectivity index (χ3n) is 4.71. The Kier molecular flexibility index (Phi) is 5.22. The van der Waals surface area contributed by atoms with Gasteiger partial charge in [-0.25, -0.2) is 0 Å². The first-order valence-electron chi connectivity index (χ1n) is 7.82. The lowest BCUT2D eigenvalue weighted by atomic mass is 9.99. The van der Waals surface area contributed by atoms with Gasteiger partial charge in [-0.3, -0.25) is 9.69 Å². The van der Waals surface area contributed by atoms with Crippen LogP contribution in [0.5, 0.6) is 0 Å². The Hall–Kier alpha value is -0.610. The predicted molar refractivity (Wildman–Crippen MR) is 78.1 cm³/mol. The third kappa shape index (κ3) is 3.29. The number of carbonyl (C=O) groups excluding carboxylic acids is 1. The fourth-order valence-corrected chi connectivity index (χ4v) is 3.72. The monoisotopic (exact) mass is 267 g/mol. The second-order valence-corrected chi connectivity index (χ2v) is 6.25. The zero-order valence-corrected chi connectivity index (χ0v) is 12.7. The molecule has 1 heterocycles. The van der Waals surface area contributed by atoms with E-state index in [0.29, 0.717) is 18.0 Å². The second-order valence-electron chi connectivity index (χ2n) is 6.25. The fourth-order valence-electron chi connectivity index (χ4n) is 3.72. The molecule has 0 aromatic carbocycles. The lowest BCUT2D eigenvalue weighted by Gasteiger charge is -2.46. The number of amides is 1. The average Bonchev–Trinajstić information content (AvgIpc) is 2.63. The first kappa shape index (κ1) is 14.8. The van der Waals surface area contributed by atoms with Crippen LogP contribution in [0.4, 0.5) is 0 Å². The molecule has 0 spiro atoms. The Morgan fingerprint density at radius 3 is 2.42 bits per heavy atom. The highest BCUT2D eigenvalue weighted by molar-refractivity contribution is 5.83. The van der Waals surface area contributed by atoms with Gasteiger partial charge in [-0.05, 0) is 33.9 Å². The first-order chi connectivity index (χ1) is 9.15. The molecule has 1 aliphatic heterocycles. The fraction of sp³-hybridized carbons (Fsp3) is 0.933. The van der Waals surface area contributed by atoms with Gasteiger partial charge in [-0.2, -0.15) is 0 Å². The van der Waals surface area contributed by atoms with Crippen molar-refractivity contribution in [2.45, 2.75) is 63.6 Å². The molecule has 1 N–H and O–H groups in total. The third-order valence-corrected chi connectivity index (χ3v) is 4.71. The van der Waals surface area contributed by atoms with Gasteiger partial charge in [0.2, 0.25) is 5.91 Å². The molecular formula is C15H29N3O. The van der Waals surface area contributed by atoms with Gasteiger partial charge >= 0.3 is 0 Å². The standard InChI is InChI=1S/C15H29N3O/c1-12-11-17(3)14(10-16-2)15(19)18(12)13-8-6-4-5-7-9-13/h12-14,16H,4-11H2,1-3H3. The summed E-state index contributed by atoms with van der Waals surface area (Å²) in [6.07, 6.45) is 7.65. The van der Waals surface area contributed by atoms with E-state index >= 15 is 0 Å². The van der Waals surface area contributed by atoms with E-state index in [2.05, 4.69) is 29.1 Å². The molecule has 1 saturated carbocycles. The lowest BCUT2D eigenvalue weighted by Crippen LogP contribution is -2.64. The molecule has 2 aliphatic rings. The van der Waals surface area contributed by atoms with Crippen molar-refractivity contribution in [2.75, 3.05) is 27.2 Å². The van der Waals surface area contributed by atoms with E-state index in [-0.39, 0.29) is 6.04 Å². The van der Waals surface area contributed by atoms with Crippen LogP contribution in [0.25, 0.3) is 0 Å². The van der Waals surface area contributed by atoms with Gasteiger partial charge in [0, 0.05) is 25.2 Å². The summed E-state index contributed by atoms with van der Waals surface area (Å²) in [5, 5.41) is 3.16. The van der Waals surface area contributed by atoms with Crippen LogP contribution in [0.15, 0.2) is 0 Å². The Morgan fingerprint density at radius 2 is 1.84 bits per heavy atom. The molecular weight excluding hydrogens is 238 g/mol. The van der Waals surface area contributed by atoms with Crippen LogP contribution in [0.2, 0.25) is 0 Å². The van der Waals surface area contributed by atoms with Gasteiger partial charge in [0.1, 0.15) is 6.04 Å². The first-order valence-corrected chi connectivity index (χ1v) is 7.82. The van der Waals surface area contributed by atoms with Crippen LogP contribution < -0.4 is 5.32 Å². The summed E-state index contributed by atoms with van der Waals surface area (Å²) in [6.45, 7) is 3.95. The molecule has 0 bridgehead atoms. The molecule has 110 valence electrons. The summed E-state index contributed by atoms with van der Waals surface area (Å²) in [5.41, 5.74) is 0. The molecule has 1 aliphatic carbocycles. The molecule has 2 fully saturated rings. The van der Waals surface area contributed by atoms with E-state index in [1.165, 1.54) is 38.5 Å². The minimum absolute atomic E-state index is 0.0180. The minimum Gasteiger partial charge on any atom is -0.334 e. The van der Waals surface area contributed by atoms with E-state index in [0.717, 1.165) is 13.1 Å². The van der Waals surface area contributed by atoms with Crippen LogP contribution in [0.1, 0.15) is 45.4 Å². The zero-order valence-electron chi connectivity index (χ0n) is 12.7. The number of hydrogen-bond donors (Lipinski definition) is 1. The van der Waals surface area contributed by atoms with E-state index in [4.69, 9.17) is 0 Å². The topological polar surface area (TPSA) is 35.6 Å². The van der Waals surface area contributed by atoms with Crippen molar-refractivity contribution in [1.29, 1.82) is 0 Å². The second kappa shape index (κ2) is 6.71. The molecule has 0 aromatic rings. The Labute approximate surface area is 117 Å². The van der Waals surface area contributed by atoms with Crippen molar-refractivity contribution < 1.29 is 4.79 Å². The summed E-state index contributed by atoms with van der Waals surface area (Å²) in [7, 11) is 4.00. The Balaban J connectivity index is 2.10. The Bertz CT molecular complexity index is 300. The molecule has 2 rings (SSSR count). The quantitative estimate of drug-likeness (QED) is 0.786. The maximum Gasteiger partial charge on any atom is 0.241 e. The van der Waals surface area contributed by atoms with Gasteiger partial charge in [-0.15, -0.1) is 0 Å². The summed E-state index contributed by atoms with van der Waals surface area (Å²) in [6, 6.07) is 0.858. The van der Waals surface area contributed by atoms with Crippen molar-refractivity contribution in [2.24, 2.45) is 0 Å². The number of hydrogen-bond acceptors (Lipinski definition) is 3. The molecule has 1 amide bonds. The molecule has 4 heteroatoms. The molecule has 19 heavy (non-hydrogen) atoms. The molecule has 2 unspecified atom stereocenters. The molecule has 0 radical (unpaired) electrons. The van der Waals surface area contributed by atoms with Gasteiger partial charge in [0.25, 0.3) is 0 Å². The van der Waals surface area contributed by atoms with Gasteiger partial charge in [0.05, 0.1) is 0 Å². The molecule has 2 atom stereocenters. The molecule has 1 saturated heterocycles. The number of piperazine rings is 1. The highest BCUT2D eigenvalue weighted by Gasteiger charge is 2.39. The largest absolute Gasteiger partial charge is 0.334 e. The highest BCUT2D eigenvalue weighted by Crippen LogP contribution is 2.27. The van der Waals surface area contributed by atoms with Crippen molar-refractivity contribution in [3.05, 3.63) is 0 Å². The highest BCUT2D eigenvalue weighted by atomic mass is 16.2. The lowest BCUT2D eigenvalue weighted by molar-refractivity contribution is -0.148. The summed E-state index contributed by atoms with van der Waals surface area (Å²) in [5.74, 6) is 0.336. The average molecular weight is 267 g/mol. The normalized spacial score (nSPS) is 31.5. The minimum atomic E-state index is 0.0180. The predicted octanol–water partition coefficient (Wildman–Crippen LogP) is 1.46. The van der Waals surface area contributed by atoms with E-state index in [1.54, 1.807) is 0 Å². The summed E-state index contributed by atoms with van der Waals surface area (Å²) < 4.78 is 0. The molecule has 0 aromatic heterocycles. The van der Waals surface area contributed by atoms with E-state index in [9.17, 15) is 4.79 Å². The summed E-state index contributed by atoms with van der Waals surface area (Å²) in [4.78, 5) is 17.2. The van der Waals surface area contributed by atoms with Gasteiger partial charge in [0.15, 0.2) is 0 Å². The van der Waals surface area contributed by atoms with Crippen LogP contribution in [0, 0.1) is 0 Å². The van der Waals surface area contributed by atoms with Crippen molar-refractivity contribution in [3.63, 3.8) is 0 Å². The van der Waals surface area contributed by atoms with Crippen molar-refractivity contribution >= 4 is 5.91 Å². The van der Waals surface area contributed by atoms with E-state index < -0.39 is 0 Å². The summed E-state index contributed by atoms with van der Waals surface area (Å²) >= 11 is 0. The maximum absolute atomic E-state index is 12.8. The van der Waals surface area contributed by atoms with Gasteiger partial charge < -0.3 is 10.2 Å². The zero-order chi connectivity index (χ0) is 13.8. The number of rotatable bonds is 3. The van der Waals surface area contributed by atoms with Crippen LogP contribution in [0.3, 0.4) is 0 Å². The van der Waals surface area contributed by atoms with Crippen molar-refractivity contribution in [1.82, 2.24) is 15.1 Å². The van der Waals surface area contributed by atoms with Crippen LogP contribution >= 0.6 is 0 Å². The van der Waals surface area contributed by atoms with E-state index in [1.807, 2.05) is 7.05 Å². The molecule has 4 nitrogen and oxygen atoms in total. The Morgan fingerprint density at radius 1 is 1.21 bits per heavy atom. The smallest absolute Gasteiger partial charge is 0.241 e. The van der Waals surface area contributed by atoms with Crippen LogP contribution in [-0.4, -0.2) is 61.0 Å². The van der Waals surface area contributed by atoms with Crippen molar-refractivity contribution in [3.8, 4) is 0 Å². The number of likely N-dealkylation sites (N-methyl/N-ethyl adjacent to an activating group) is 2. The number of nitrogens with one attached hydrogen (secondary N) is 1. The number of nitrogens with zero attached hydrogens (tertiary/aromatic N) is 2. The van der Waals surface area contributed by atoms with Crippen LogP contribution in [-0.2, 0) is 4.79 Å². The van der Waals surface area contributed by atoms with Gasteiger partial charge in [-0.1, -0.05) is 25.7 Å². The SMILES string of the molecule is CNCC1C(=O)N(C2CCCCCC2)C(C)CN1C. The maximum atomic E-state index is 12.8.